The molecule has 0 aromatic rings. The minimum Gasteiger partial charge on any atom is -0.453 e. The van der Waals surface area contributed by atoms with Crippen molar-refractivity contribution in [3.05, 3.63) is 0 Å². The van der Waals surface area contributed by atoms with Gasteiger partial charge in [-0.3, -0.25) is 0 Å². The average Bonchev–Trinajstić information content (AvgIpc) is 2.22. The van der Waals surface area contributed by atoms with Gasteiger partial charge in [-0.1, -0.05) is 40.5 Å². The molecule has 3 heteroatoms. The Labute approximate surface area is 88.2 Å². The topological polar surface area (TPSA) is 38.3 Å². The number of rotatable bonds is 4. The summed E-state index contributed by atoms with van der Waals surface area (Å²) in [5, 5.41) is 2.77. The normalized spacial score (nSPS) is 11.4. The van der Waals surface area contributed by atoms with Crippen LogP contribution in [0.4, 0.5) is 4.79 Å². The zero-order chi connectivity index (χ0) is 11.6. The van der Waals surface area contributed by atoms with Crippen molar-refractivity contribution in [1.82, 2.24) is 5.32 Å². The molecule has 1 amide bonds. The van der Waals surface area contributed by atoms with E-state index in [1.807, 2.05) is 20.8 Å². The third-order valence-electron chi connectivity index (χ3n) is 2.29. The van der Waals surface area contributed by atoms with E-state index in [1.165, 1.54) is 7.11 Å². The molecule has 0 saturated heterocycles. The molecule has 0 aromatic carbocycles. The summed E-state index contributed by atoms with van der Waals surface area (Å²) in [7, 11) is 1.38. The van der Waals surface area contributed by atoms with Crippen LogP contribution in [0.3, 0.4) is 0 Å². The number of carbonyl (C=O) groups is 1. The summed E-state index contributed by atoms with van der Waals surface area (Å²) in [6.07, 6.45) is 1.83. The summed E-state index contributed by atoms with van der Waals surface area (Å²) >= 11 is 0. The molecular weight excluding hydrogens is 178 g/mol. The Balaban J connectivity index is 0. The molecule has 1 atom stereocenters. The molecule has 0 aliphatic carbocycles. The third-order valence-corrected chi connectivity index (χ3v) is 2.29. The van der Waals surface area contributed by atoms with E-state index in [2.05, 4.69) is 23.9 Å². The monoisotopic (exact) mass is 203 g/mol. The van der Waals surface area contributed by atoms with E-state index in [4.69, 9.17) is 0 Å². The van der Waals surface area contributed by atoms with Gasteiger partial charge in [-0.2, -0.15) is 0 Å². The van der Waals surface area contributed by atoms with Gasteiger partial charge in [-0.05, 0) is 12.8 Å². The second-order valence-corrected chi connectivity index (χ2v) is 3.00. The van der Waals surface area contributed by atoms with Gasteiger partial charge in [-0.25, -0.2) is 4.79 Å². The highest BCUT2D eigenvalue weighted by Crippen LogP contribution is 2.12. The van der Waals surface area contributed by atoms with Crippen molar-refractivity contribution in [2.24, 2.45) is 5.92 Å². The first-order valence-electron chi connectivity index (χ1n) is 5.50. The number of carbonyl (C=O) groups excluding carboxylic acids is 1. The second kappa shape index (κ2) is 10.4. The summed E-state index contributed by atoms with van der Waals surface area (Å²) in [6.45, 7) is 10.3. The van der Waals surface area contributed by atoms with Gasteiger partial charge in [0.2, 0.25) is 0 Å². The van der Waals surface area contributed by atoms with Crippen LogP contribution in [0.15, 0.2) is 0 Å². The molecule has 86 valence electrons. The van der Waals surface area contributed by atoms with E-state index in [9.17, 15) is 4.79 Å². The van der Waals surface area contributed by atoms with Crippen molar-refractivity contribution in [2.45, 2.75) is 53.5 Å². The molecule has 3 nitrogen and oxygen atoms in total. The Bertz CT molecular complexity index is 133. The number of hydrogen-bond acceptors (Lipinski definition) is 2. The highest BCUT2D eigenvalue weighted by molar-refractivity contribution is 5.67. The van der Waals surface area contributed by atoms with Crippen LogP contribution in [0, 0.1) is 5.92 Å². The van der Waals surface area contributed by atoms with Crippen molar-refractivity contribution in [3.63, 3.8) is 0 Å². The molecule has 0 aromatic heterocycles. The van der Waals surface area contributed by atoms with E-state index in [-0.39, 0.29) is 12.1 Å². The van der Waals surface area contributed by atoms with Crippen molar-refractivity contribution < 1.29 is 9.53 Å². The van der Waals surface area contributed by atoms with E-state index < -0.39 is 0 Å². The molecule has 1 N–H and O–H groups in total. The summed E-state index contributed by atoms with van der Waals surface area (Å²) in [4.78, 5) is 10.8. The molecule has 0 rings (SSSR count). The number of methoxy groups -OCH3 is 1. The lowest BCUT2D eigenvalue weighted by molar-refractivity contribution is 0.162. The lowest BCUT2D eigenvalue weighted by Gasteiger charge is -2.21. The fraction of sp³-hybridized carbons (Fsp3) is 0.909. The molecular formula is C11H25NO2. The van der Waals surface area contributed by atoms with Gasteiger partial charge >= 0.3 is 6.09 Å². The Morgan fingerprint density at radius 3 is 2.00 bits per heavy atom. The van der Waals surface area contributed by atoms with Crippen molar-refractivity contribution in [3.8, 4) is 0 Å². The Hall–Kier alpha value is -0.730. The number of nitrogens with one attached hydrogen (secondary N) is 1. The van der Waals surface area contributed by atoms with Crippen LogP contribution in [-0.2, 0) is 4.74 Å². The summed E-state index contributed by atoms with van der Waals surface area (Å²) in [6, 6.07) is 0.201. The smallest absolute Gasteiger partial charge is 0.407 e. The van der Waals surface area contributed by atoms with Crippen LogP contribution < -0.4 is 5.32 Å². The SMILES string of the molecule is CC.CCC(CC)C(C)NC(=O)OC. The molecule has 0 fully saturated rings. The predicted octanol–water partition coefficient (Wildman–Crippen LogP) is 3.19. The van der Waals surface area contributed by atoms with Gasteiger partial charge in [0.05, 0.1) is 7.11 Å². The summed E-state index contributed by atoms with van der Waals surface area (Å²) in [5.41, 5.74) is 0. The van der Waals surface area contributed by atoms with Gasteiger partial charge in [0.1, 0.15) is 0 Å². The van der Waals surface area contributed by atoms with E-state index in [1.54, 1.807) is 0 Å². The summed E-state index contributed by atoms with van der Waals surface area (Å²) in [5.74, 6) is 0.545. The molecule has 14 heavy (non-hydrogen) atoms. The first kappa shape index (κ1) is 15.7. The van der Waals surface area contributed by atoms with Gasteiger partial charge in [0, 0.05) is 6.04 Å². The highest BCUT2D eigenvalue weighted by atomic mass is 16.5. The Morgan fingerprint density at radius 2 is 1.71 bits per heavy atom. The zero-order valence-corrected chi connectivity index (χ0v) is 10.4. The van der Waals surface area contributed by atoms with Crippen LogP contribution in [0.2, 0.25) is 0 Å². The van der Waals surface area contributed by atoms with Crippen molar-refractivity contribution in [2.75, 3.05) is 7.11 Å². The van der Waals surface area contributed by atoms with Crippen LogP contribution in [-0.4, -0.2) is 19.2 Å². The van der Waals surface area contributed by atoms with Crippen LogP contribution in [0.1, 0.15) is 47.5 Å². The largest absolute Gasteiger partial charge is 0.453 e. The highest BCUT2D eigenvalue weighted by Gasteiger charge is 2.15. The number of amides is 1. The molecule has 0 radical (unpaired) electrons. The maximum Gasteiger partial charge on any atom is 0.407 e. The number of ether oxygens (including phenoxy) is 1. The van der Waals surface area contributed by atoms with Gasteiger partial charge in [-0.15, -0.1) is 0 Å². The fourth-order valence-electron chi connectivity index (χ4n) is 1.36. The number of hydrogen-bond donors (Lipinski definition) is 1. The molecule has 0 aliphatic rings. The maximum absolute atomic E-state index is 10.8. The van der Waals surface area contributed by atoms with Gasteiger partial charge in [0.15, 0.2) is 0 Å². The van der Waals surface area contributed by atoms with E-state index in [0.29, 0.717) is 5.92 Å². The van der Waals surface area contributed by atoms with E-state index >= 15 is 0 Å². The lowest BCUT2D eigenvalue weighted by atomic mass is 9.96. The minimum atomic E-state index is -0.339. The number of alkyl carbamates (subject to hydrolysis) is 1. The van der Waals surface area contributed by atoms with Crippen LogP contribution in [0.25, 0.3) is 0 Å². The average molecular weight is 203 g/mol. The first-order chi connectivity index (χ1) is 6.65. The lowest BCUT2D eigenvalue weighted by Crippen LogP contribution is -2.37. The van der Waals surface area contributed by atoms with Crippen LogP contribution >= 0.6 is 0 Å². The van der Waals surface area contributed by atoms with Gasteiger partial charge in [0.25, 0.3) is 0 Å². The van der Waals surface area contributed by atoms with Gasteiger partial charge < -0.3 is 10.1 Å². The minimum absolute atomic E-state index is 0.201. The summed E-state index contributed by atoms with van der Waals surface area (Å²) < 4.78 is 4.51. The molecule has 0 aliphatic heterocycles. The van der Waals surface area contributed by atoms with Crippen molar-refractivity contribution in [1.29, 1.82) is 0 Å². The molecule has 1 unspecified atom stereocenters. The Morgan fingerprint density at radius 1 is 1.29 bits per heavy atom. The third kappa shape index (κ3) is 6.75. The first-order valence-corrected chi connectivity index (χ1v) is 5.50. The molecule has 0 spiro atoms. The molecule has 0 heterocycles. The Kier molecular flexibility index (Phi) is 11.6. The van der Waals surface area contributed by atoms with Crippen LogP contribution in [0.5, 0.6) is 0 Å². The quantitative estimate of drug-likeness (QED) is 0.762. The zero-order valence-electron chi connectivity index (χ0n) is 10.4. The van der Waals surface area contributed by atoms with Crippen molar-refractivity contribution >= 4 is 6.09 Å². The fourth-order valence-corrected chi connectivity index (χ4v) is 1.36. The maximum atomic E-state index is 10.8. The van der Waals surface area contributed by atoms with E-state index in [0.717, 1.165) is 12.8 Å². The predicted molar refractivity (Wildman–Crippen MR) is 60.4 cm³/mol. The standard InChI is InChI=1S/C9H19NO2.C2H6/c1-5-8(6-2)7(3)10-9(11)12-4;1-2/h7-8H,5-6H2,1-4H3,(H,10,11);1-2H3. The second-order valence-electron chi connectivity index (χ2n) is 3.00. The molecule has 0 bridgehead atoms. The molecule has 0 saturated carbocycles.